The highest BCUT2D eigenvalue weighted by atomic mass is 32.2. The Morgan fingerprint density at radius 2 is 1.94 bits per heavy atom. The molecule has 2 N–H and O–H groups in total. The molecule has 2 unspecified atom stereocenters. The number of hydrogen-bond acceptors (Lipinski definition) is 6. The predicted octanol–water partition coefficient (Wildman–Crippen LogP) is 4.21. The van der Waals surface area contributed by atoms with Gasteiger partial charge >= 0.3 is 5.97 Å². The Morgan fingerprint density at radius 1 is 1.17 bits per heavy atom. The van der Waals surface area contributed by atoms with Crippen molar-refractivity contribution in [3.8, 4) is 0 Å². The van der Waals surface area contributed by atoms with Crippen molar-refractivity contribution < 1.29 is 22.3 Å². The first-order valence-corrected chi connectivity index (χ1v) is 13.3. The molecule has 2 atom stereocenters. The number of carbonyl (C=O) groups is 1. The summed E-state index contributed by atoms with van der Waals surface area (Å²) < 4.78 is 45.6. The Bertz CT molecular complexity index is 1320. The van der Waals surface area contributed by atoms with Crippen LogP contribution in [-0.2, 0) is 32.4 Å². The highest BCUT2D eigenvalue weighted by Gasteiger charge is 2.42. The smallest absolute Gasteiger partial charge is 0.305 e. The topological polar surface area (TPSA) is 97.4 Å². The molecule has 0 saturated heterocycles. The number of benzene rings is 2. The van der Waals surface area contributed by atoms with Crippen LogP contribution >= 0.6 is 0 Å². The molecule has 7 nitrogen and oxygen atoms in total. The number of nitrogens with one attached hydrogen (secondary N) is 2. The zero-order valence-corrected chi connectivity index (χ0v) is 21.1. The standard InChI is InChI=1S/C27H30FN3O4S/c1-27(13-11-26(32)35-2)24(17-20-4-3-14-29-18-20)23-16-19(5-10-25(23)31-27)12-15-30-36(33,34)22-8-6-21(28)7-9-22/h3-10,14,16,18,24,30-31H,11-13,15,17H2,1-2H3. The summed E-state index contributed by atoms with van der Waals surface area (Å²) in [7, 11) is -2.33. The lowest BCUT2D eigenvalue weighted by atomic mass is 9.77. The third kappa shape index (κ3) is 5.91. The number of sulfonamides is 1. The zero-order valence-electron chi connectivity index (χ0n) is 20.3. The number of carbonyl (C=O) groups excluding carboxylic acids is 1. The fourth-order valence-corrected chi connectivity index (χ4v) is 5.76. The molecular weight excluding hydrogens is 481 g/mol. The largest absolute Gasteiger partial charge is 0.469 e. The van der Waals surface area contributed by atoms with Crippen LogP contribution in [0.2, 0.25) is 0 Å². The summed E-state index contributed by atoms with van der Waals surface area (Å²) in [6.45, 7) is 2.33. The summed E-state index contributed by atoms with van der Waals surface area (Å²) in [6, 6.07) is 14.8. The quantitative estimate of drug-likeness (QED) is 0.396. The van der Waals surface area contributed by atoms with Gasteiger partial charge in [-0.15, -0.1) is 0 Å². The Labute approximate surface area is 211 Å². The Hall–Kier alpha value is -3.30. The third-order valence-corrected chi connectivity index (χ3v) is 8.23. The Kier molecular flexibility index (Phi) is 7.70. The molecule has 2 heterocycles. The summed E-state index contributed by atoms with van der Waals surface area (Å²) in [5.41, 5.74) is 3.86. The van der Waals surface area contributed by atoms with Crippen molar-refractivity contribution in [2.24, 2.45) is 0 Å². The SMILES string of the molecule is COC(=O)CCC1(C)Nc2ccc(CCNS(=O)(=O)c3ccc(F)cc3)cc2C1Cc1cccnc1. The molecule has 0 aliphatic carbocycles. The van der Waals surface area contributed by atoms with Crippen LogP contribution in [0.1, 0.15) is 42.4 Å². The lowest BCUT2D eigenvalue weighted by Gasteiger charge is -2.32. The minimum Gasteiger partial charge on any atom is -0.469 e. The van der Waals surface area contributed by atoms with E-state index in [2.05, 4.69) is 28.0 Å². The lowest BCUT2D eigenvalue weighted by molar-refractivity contribution is -0.141. The summed E-state index contributed by atoms with van der Waals surface area (Å²) in [5, 5.41) is 3.62. The van der Waals surface area contributed by atoms with Crippen LogP contribution in [0, 0.1) is 5.82 Å². The van der Waals surface area contributed by atoms with Gasteiger partial charge in [-0.25, -0.2) is 17.5 Å². The fraction of sp³-hybridized carbons (Fsp3) is 0.333. The second kappa shape index (κ2) is 10.8. The summed E-state index contributed by atoms with van der Waals surface area (Å²) in [5.74, 6) is -0.652. The molecule has 9 heteroatoms. The van der Waals surface area contributed by atoms with Gasteiger partial charge in [0.2, 0.25) is 10.0 Å². The van der Waals surface area contributed by atoms with E-state index < -0.39 is 15.8 Å². The lowest BCUT2D eigenvalue weighted by Crippen LogP contribution is -2.37. The van der Waals surface area contributed by atoms with Crippen molar-refractivity contribution in [2.45, 2.75) is 49.0 Å². The van der Waals surface area contributed by atoms with E-state index in [0.29, 0.717) is 19.3 Å². The van der Waals surface area contributed by atoms with Gasteiger partial charge in [-0.2, -0.15) is 0 Å². The van der Waals surface area contributed by atoms with Crippen molar-refractivity contribution in [1.29, 1.82) is 0 Å². The minimum atomic E-state index is -3.73. The van der Waals surface area contributed by atoms with Gasteiger partial charge in [0.15, 0.2) is 0 Å². The first kappa shape index (κ1) is 25.8. The van der Waals surface area contributed by atoms with Gasteiger partial charge in [0.25, 0.3) is 0 Å². The molecule has 1 aliphatic rings. The van der Waals surface area contributed by atoms with Crippen LogP contribution in [0.25, 0.3) is 0 Å². The molecule has 0 spiro atoms. The van der Waals surface area contributed by atoms with Crippen LogP contribution < -0.4 is 10.0 Å². The van der Waals surface area contributed by atoms with Crippen molar-refractivity contribution in [2.75, 3.05) is 19.0 Å². The predicted molar refractivity (Wildman–Crippen MR) is 136 cm³/mol. The number of pyridine rings is 1. The van der Waals surface area contributed by atoms with Gasteiger partial charge in [0, 0.05) is 42.5 Å². The second-order valence-corrected chi connectivity index (χ2v) is 11.0. The molecule has 36 heavy (non-hydrogen) atoms. The highest BCUT2D eigenvalue weighted by molar-refractivity contribution is 7.89. The molecule has 0 radical (unpaired) electrons. The molecule has 4 rings (SSSR count). The van der Waals surface area contributed by atoms with Crippen molar-refractivity contribution >= 4 is 21.7 Å². The Balaban J connectivity index is 1.51. The van der Waals surface area contributed by atoms with Gasteiger partial charge in [-0.1, -0.05) is 18.2 Å². The number of halogens is 1. The zero-order chi connectivity index (χ0) is 25.8. The van der Waals surface area contributed by atoms with Gasteiger partial charge in [-0.05, 0) is 79.3 Å². The molecule has 3 aromatic rings. The monoisotopic (exact) mass is 511 g/mol. The molecule has 0 fully saturated rings. The van der Waals surface area contributed by atoms with E-state index in [1.807, 2.05) is 30.5 Å². The summed E-state index contributed by atoms with van der Waals surface area (Å²) in [6.07, 6.45) is 5.73. The maximum Gasteiger partial charge on any atom is 0.305 e. The molecule has 1 aromatic heterocycles. The van der Waals surface area contributed by atoms with Gasteiger partial charge < -0.3 is 10.1 Å². The van der Waals surface area contributed by atoms with E-state index in [9.17, 15) is 17.6 Å². The van der Waals surface area contributed by atoms with E-state index in [1.54, 1.807) is 6.20 Å². The molecule has 1 aliphatic heterocycles. The van der Waals surface area contributed by atoms with Crippen molar-refractivity contribution in [1.82, 2.24) is 9.71 Å². The van der Waals surface area contributed by atoms with E-state index in [1.165, 1.54) is 19.2 Å². The first-order valence-electron chi connectivity index (χ1n) is 11.8. The molecular formula is C27H30FN3O4S. The molecule has 0 saturated carbocycles. The molecule has 2 aromatic carbocycles. The van der Waals surface area contributed by atoms with E-state index in [-0.39, 0.29) is 28.9 Å². The number of esters is 1. The average Bonchev–Trinajstić information content (AvgIpc) is 3.14. The third-order valence-electron chi connectivity index (χ3n) is 6.75. The van der Waals surface area contributed by atoms with Gasteiger partial charge in [0.05, 0.1) is 12.0 Å². The van der Waals surface area contributed by atoms with Gasteiger partial charge in [0.1, 0.15) is 5.82 Å². The van der Waals surface area contributed by atoms with Crippen LogP contribution in [0.3, 0.4) is 0 Å². The number of hydrogen-bond donors (Lipinski definition) is 2. The average molecular weight is 512 g/mol. The fourth-order valence-electron chi connectivity index (χ4n) is 4.72. The molecule has 190 valence electrons. The number of rotatable bonds is 10. The van der Waals surface area contributed by atoms with Crippen LogP contribution in [0.4, 0.5) is 10.1 Å². The molecule has 0 bridgehead atoms. The van der Waals surface area contributed by atoms with Crippen LogP contribution in [0.15, 0.2) is 71.9 Å². The highest BCUT2D eigenvalue weighted by Crippen LogP contribution is 2.47. The van der Waals surface area contributed by atoms with Crippen LogP contribution in [-0.4, -0.2) is 38.6 Å². The number of fused-ring (bicyclic) bond motifs is 1. The number of nitrogens with zero attached hydrogens (tertiary/aromatic N) is 1. The second-order valence-electron chi connectivity index (χ2n) is 9.26. The number of methoxy groups -OCH3 is 1. The number of ether oxygens (including phenoxy) is 1. The molecule has 0 amide bonds. The normalized spacial score (nSPS) is 18.9. The van der Waals surface area contributed by atoms with Crippen LogP contribution in [0.5, 0.6) is 0 Å². The number of anilines is 1. The number of aromatic nitrogens is 1. The maximum absolute atomic E-state index is 13.1. The summed E-state index contributed by atoms with van der Waals surface area (Å²) in [4.78, 5) is 16.2. The van der Waals surface area contributed by atoms with E-state index in [0.717, 1.165) is 40.9 Å². The summed E-state index contributed by atoms with van der Waals surface area (Å²) >= 11 is 0. The minimum absolute atomic E-state index is 0.0277. The van der Waals surface area contributed by atoms with Crippen molar-refractivity contribution in [3.63, 3.8) is 0 Å². The van der Waals surface area contributed by atoms with Gasteiger partial charge in [-0.3, -0.25) is 9.78 Å². The maximum atomic E-state index is 13.1. The van der Waals surface area contributed by atoms with E-state index >= 15 is 0 Å². The Morgan fingerprint density at radius 3 is 2.64 bits per heavy atom. The van der Waals surface area contributed by atoms with Crippen molar-refractivity contribution in [3.05, 3.63) is 89.5 Å². The van der Waals surface area contributed by atoms with E-state index in [4.69, 9.17) is 4.74 Å². The first-order chi connectivity index (χ1) is 17.2.